The van der Waals surface area contributed by atoms with Gasteiger partial charge < -0.3 is 0 Å². The first-order valence-corrected chi connectivity index (χ1v) is 8.01. The van der Waals surface area contributed by atoms with E-state index in [9.17, 15) is 0 Å². The highest BCUT2D eigenvalue weighted by Gasteiger charge is 1.87. The van der Waals surface area contributed by atoms with E-state index in [0.29, 0.717) is 0 Å². The van der Waals surface area contributed by atoms with Crippen LogP contribution in [0.1, 0.15) is 84.0 Å². The molecule has 18 heavy (non-hydrogen) atoms. The Balaban J connectivity index is 3.13. The Kier molecular flexibility index (Phi) is 16.0. The predicted octanol–water partition coefficient (Wildman–Crippen LogP) is 6.63. The molecule has 1 radical (unpaired) electrons. The van der Waals surface area contributed by atoms with Crippen molar-refractivity contribution in [3.8, 4) is 0 Å². The SMILES string of the molecule is [CH2]CCCCCCCC=CCC=CCCCCC. The van der Waals surface area contributed by atoms with Crippen LogP contribution in [0.3, 0.4) is 0 Å². The number of hydrogen-bond donors (Lipinski definition) is 0. The van der Waals surface area contributed by atoms with Crippen molar-refractivity contribution in [1.29, 1.82) is 0 Å². The molecule has 0 heterocycles. The van der Waals surface area contributed by atoms with Crippen molar-refractivity contribution in [2.24, 2.45) is 0 Å². The van der Waals surface area contributed by atoms with E-state index in [-0.39, 0.29) is 0 Å². The van der Waals surface area contributed by atoms with Crippen LogP contribution in [-0.4, -0.2) is 0 Å². The Morgan fingerprint density at radius 3 is 1.83 bits per heavy atom. The molecule has 0 aliphatic heterocycles. The number of allylic oxidation sites excluding steroid dienone is 4. The Morgan fingerprint density at radius 1 is 0.667 bits per heavy atom. The summed E-state index contributed by atoms with van der Waals surface area (Å²) in [6, 6.07) is 0. The zero-order chi connectivity index (χ0) is 13.3. The van der Waals surface area contributed by atoms with Crippen molar-refractivity contribution in [2.75, 3.05) is 0 Å². The van der Waals surface area contributed by atoms with E-state index in [1.54, 1.807) is 0 Å². The summed E-state index contributed by atoms with van der Waals surface area (Å²) >= 11 is 0. The maximum absolute atomic E-state index is 3.87. The molecule has 0 spiro atoms. The van der Waals surface area contributed by atoms with Gasteiger partial charge in [0.2, 0.25) is 0 Å². The first kappa shape index (κ1) is 17.5. The van der Waals surface area contributed by atoms with Gasteiger partial charge in [-0.05, 0) is 32.1 Å². The molecule has 0 aliphatic carbocycles. The highest BCUT2D eigenvalue weighted by atomic mass is 13.9. The highest BCUT2D eigenvalue weighted by molar-refractivity contribution is 4.92. The summed E-state index contributed by atoms with van der Waals surface area (Å²) in [5, 5.41) is 0. The molecule has 0 saturated heterocycles. The van der Waals surface area contributed by atoms with Crippen LogP contribution in [0.15, 0.2) is 24.3 Å². The van der Waals surface area contributed by atoms with Crippen LogP contribution in [-0.2, 0) is 0 Å². The van der Waals surface area contributed by atoms with Crippen LogP contribution in [0.25, 0.3) is 0 Å². The lowest BCUT2D eigenvalue weighted by Crippen LogP contribution is -1.77. The van der Waals surface area contributed by atoms with Gasteiger partial charge in [0.1, 0.15) is 0 Å². The van der Waals surface area contributed by atoms with Gasteiger partial charge in [0.05, 0.1) is 0 Å². The fraction of sp³-hybridized carbons (Fsp3) is 0.722. The predicted molar refractivity (Wildman–Crippen MR) is 84.7 cm³/mol. The molecular formula is C18H33. The van der Waals surface area contributed by atoms with Crippen LogP contribution in [0, 0.1) is 6.92 Å². The van der Waals surface area contributed by atoms with Crippen LogP contribution >= 0.6 is 0 Å². The standard InChI is InChI=1S/C18H33/c1-3-5-7-9-11-13-15-17-18-16-14-12-10-8-6-4-2/h12,14,17-18H,1,3-11,13,15-16H2,2H3. The number of hydrogen-bond acceptors (Lipinski definition) is 0. The van der Waals surface area contributed by atoms with Gasteiger partial charge >= 0.3 is 0 Å². The van der Waals surface area contributed by atoms with E-state index >= 15 is 0 Å². The quantitative estimate of drug-likeness (QED) is 0.254. The number of unbranched alkanes of at least 4 members (excludes halogenated alkanes) is 9. The molecular weight excluding hydrogens is 216 g/mol. The Morgan fingerprint density at radius 2 is 1.22 bits per heavy atom. The van der Waals surface area contributed by atoms with Gasteiger partial charge in [-0.3, -0.25) is 0 Å². The van der Waals surface area contributed by atoms with E-state index in [0.717, 1.165) is 12.8 Å². The van der Waals surface area contributed by atoms with Gasteiger partial charge in [-0.25, -0.2) is 0 Å². The van der Waals surface area contributed by atoms with Crippen LogP contribution in [0.5, 0.6) is 0 Å². The van der Waals surface area contributed by atoms with E-state index in [1.807, 2.05) is 0 Å². The van der Waals surface area contributed by atoms with Crippen molar-refractivity contribution in [3.05, 3.63) is 31.2 Å². The molecule has 0 bridgehead atoms. The van der Waals surface area contributed by atoms with Crippen molar-refractivity contribution < 1.29 is 0 Å². The maximum Gasteiger partial charge on any atom is -0.0169 e. The minimum absolute atomic E-state index is 1.10. The number of rotatable bonds is 13. The smallest absolute Gasteiger partial charge is 0.0169 e. The van der Waals surface area contributed by atoms with E-state index in [2.05, 4.69) is 38.2 Å². The van der Waals surface area contributed by atoms with Gasteiger partial charge in [0, 0.05) is 0 Å². The lowest BCUT2D eigenvalue weighted by molar-refractivity contribution is 0.621. The first-order valence-electron chi connectivity index (χ1n) is 8.01. The molecule has 0 heteroatoms. The average molecular weight is 249 g/mol. The van der Waals surface area contributed by atoms with Gasteiger partial charge in [0.25, 0.3) is 0 Å². The summed E-state index contributed by atoms with van der Waals surface area (Å²) in [6.07, 6.45) is 24.9. The topological polar surface area (TPSA) is 0 Å². The molecule has 0 amide bonds. The van der Waals surface area contributed by atoms with Crippen molar-refractivity contribution in [1.82, 2.24) is 0 Å². The summed E-state index contributed by atoms with van der Waals surface area (Å²) in [6.45, 7) is 6.12. The second kappa shape index (κ2) is 16.5. The summed E-state index contributed by atoms with van der Waals surface area (Å²) in [4.78, 5) is 0. The zero-order valence-electron chi connectivity index (χ0n) is 12.5. The minimum atomic E-state index is 1.10. The summed E-state index contributed by atoms with van der Waals surface area (Å²) < 4.78 is 0. The third-order valence-corrected chi connectivity index (χ3v) is 3.20. The second-order valence-electron chi connectivity index (χ2n) is 5.08. The molecule has 0 aromatic heterocycles. The highest BCUT2D eigenvalue weighted by Crippen LogP contribution is 2.07. The van der Waals surface area contributed by atoms with Crippen molar-refractivity contribution >= 4 is 0 Å². The van der Waals surface area contributed by atoms with Crippen molar-refractivity contribution in [2.45, 2.75) is 84.0 Å². The molecule has 105 valence electrons. The first-order chi connectivity index (χ1) is 8.91. The molecule has 0 fully saturated rings. The van der Waals surface area contributed by atoms with Crippen LogP contribution < -0.4 is 0 Å². The molecule has 0 atom stereocenters. The molecule has 0 nitrogen and oxygen atoms in total. The summed E-state index contributed by atoms with van der Waals surface area (Å²) in [5.74, 6) is 0. The molecule has 0 aromatic rings. The maximum atomic E-state index is 3.87. The van der Waals surface area contributed by atoms with Gasteiger partial charge in [-0.1, -0.05) is 83.1 Å². The summed E-state index contributed by atoms with van der Waals surface area (Å²) in [5.41, 5.74) is 0. The van der Waals surface area contributed by atoms with Crippen LogP contribution in [0.2, 0.25) is 0 Å². The third kappa shape index (κ3) is 15.5. The molecule has 0 rings (SSSR count). The van der Waals surface area contributed by atoms with Crippen molar-refractivity contribution in [3.63, 3.8) is 0 Å². The molecule has 0 unspecified atom stereocenters. The average Bonchev–Trinajstić information content (AvgIpc) is 2.39. The molecule has 0 aromatic carbocycles. The van der Waals surface area contributed by atoms with Gasteiger partial charge in [-0.2, -0.15) is 0 Å². The molecule has 0 saturated carbocycles. The zero-order valence-corrected chi connectivity index (χ0v) is 12.5. The Bertz CT molecular complexity index is 188. The van der Waals surface area contributed by atoms with E-state index < -0.39 is 0 Å². The van der Waals surface area contributed by atoms with Gasteiger partial charge in [0.15, 0.2) is 0 Å². The Hall–Kier alpha value is -0.520. The minimum Gasteiger partial charge on any atom is -0.0882 e. The summed E-state index contributed by atoms with van der Waals surface area (Å²) in [7, 11) is 0. The lowest BCUT2D eigenvalue weighted by atomic mass is 10.1. The van der Waals surface area contributed by atoms with Crippen LogP contribution in [0.4, 0.5) is 0 Å². The Labute approximate surface area is 116 Å². The van der Waals surface area contributed by atoms with Gasteiger partial charge in [-0.15, -0.1) is 0 Å². The molecule has 0 N–H and O–H groups in total. The largest absolute Gasteiger partial charge is 0.0882 e. The second-order valence-corrected chi connectivity index (χ2v) is 5.08. The monoisotopic (exact) mass is 249 g/mol. The normalized spacial score (nSPS) is 11.9. The fourth-order valence-corrected chi connectivity index (χ4v) is 1.99. The van der Waals surface area contributed by atoms with E-state index in [4.69, 9.17) is 0 Å². The fourth-order valence-electron chi connectivity index (χ4n) is 1.99. The lowest BCUT2D eigenvalue weighted by Gasteiger charge is -1.97. The molecule has 0 aliphatic rings. The van der Waals surface area contributed by atoms with E-state index in [1.165, 1.54) is 64.2 Å². The third-order valence-electron chi connectivity index (χ3n) is 3.20.